The minimum atomic E-state index is -0.454. The van der Waals surface area contributed by atoms with Crippen LogP contribution in [0.4, 0.5) is 11.4 Å². The molecule has 0 atom stereocenters. The molecule has 0 saturated heterocycles. The lowest BCUT2D eigenvalue weighted by Crippen LogP contribution is -2.01. The average molecular weight is 426 g/mol. The van der Waals surface area contributed by atoms with E-state index in [9.17, 15) is 10.1 Å². The summed E-state index contributed by atoms with van der Waals surface area (Å²) in [4.78, 5) is 10.4. The molecule has 0 fully saturated rings. The maximum absolute atomic E-state index is 10.8. The average Bonchev–Trinajstić information content (AvgIpc) is 2.74. The smallest absolute Gasteiger partial charge is 0.271 e. The van der Waals surface area contributed by atoms with Gasteiger partial charge in [-0.2, -0.15) is 5.10 Å². The van der Waals surface area contributed by atoms with E-state index in [4.69, 9.17) is 21.1 Å². The SMILES string of the molecule is CCOc1cc(C=NNc2cccc([N+](=O)[O-])c2)ccc1OCc1ccccc1Cl. The van der Waals surface area contributed by atoms with Gasteiger partial charge in [0, 0.05) is 22.7 Å². The molecule has 0 amide bonds. The van der Waals surface area contributed by atoms with Crippen LogP contribution in [-0.2, 0) is 6.61 Å². The van der Waals surface area contributed by atoms with E-state index in [1.54, 1.807) is 24.4 Å². The first-order valence-electron chi connectivity index (χ1n) is 9.23. The third-order valence-corrected chi connectivity index (χ3v) is 4.44. The second-order valence-electron chi connectivity index (χ2n) is 6.20. The van der Waals surface area contributed by atoms with Crippen molar-refractivity contribution >= 4 is 29.2 Å². The minimum Gasteiger partial charge on any atom is -0.490 e. The van der Waals surface area contributed by atoms with E-state index in [2.05, 4.69) is 10.5 Å². The van der Waals surface area contributed by atoms with Crippen molar-refractivity contribution < 1.29 is 14.4 Å². The highest BCUT2D eigenvalue weighted by molar-refractivity contribution is 6.31. The molecule has 1 N–H and O–H groups in total. The van der Waals surface area contributed by atoms with Crippen LogP contribution < -0.4 is 14.9 Å². The standard InChI is InChI=1S/C22H20ClN3O4/c1-2-29-22-12-16(14-24-25-18-7-5-8-19(13-18)26(27)28)10-11-21(22)30-15-17-6-3-4-9-20(17)23/h3-14,25H,2,15H2,1H3. The van der Waals surface area contributed by atoms with Gasteiger partial charge in [-0.15, -0.1) is 0 Å². The number of nitrogens with zero attached hydrogens (tertiary/aromatic N) is 2. The first kappa shape index (κ1) is 21.1. The molecule has 3 aromatic carbocycles. The maximum atomic E-state index is 10.8. The van der Waals surface area contributed by atoms with Gasteiger partial charge in [0.05, 0.1) is 23.4 Å². The summed E-state index contributed by atoms with van der Waals surface area (Å²) in [6, 6.07) is 19.1. The summed E-state index contributed by atoms with van der Waals surface area (Å²) in [5.74, 6) is 1.18. The summed E-state index contributed by atoms with van der Waals surface area (Å²) in [7, 11) is 0. The summed E-state index contributed by atoms with van der Waals surface area (Å²) < 4.78 is 11.6. The fourth-order valence-corrected chi connectivity index (χ4v) is 2.82. The normalized spacial score (nSPS) is 10.7. The highest BCUT2D eigenvalue weighted by atomic mass is 35.5. The second-order valence-corrected chi connectivity index (χ2v) is 6.60. The molecule has 154 valence electrons. The van der Waals surface area contributed by atoms with Crippen molar-refractivity contribution in [1.29, 1.82) is 0 Å². The Labute approximate surface area is 179 Å². The largest absolute Gasteiger partial charge is 0.490 e. The molecular weight excluding hydrogens is 406 g/mol. The molecule has 30 heavy (non-hydrogen) atoms. The Morgan fingerprint density at radius 2 is 1.90 bits per heavy atom. The van der Waals surface area contributed by atoms with Gasteiger partial charge in [-0.05, 0) is 42.8 Å². The Morgan fingerprint density at radius 3 is 2.67 bits per heavy atom. The zero-order valence-electron chi connectivity index (χ0n) is 16.2. The molecule has 0 spiro atoms. The van der Waals surface area contributed by atoms with Crippen molar-refractivity contribution in [2.45, 2.75) is 13.5 Å². The number of benzene rings is 3. The van der Waals surface area contributed by atoms with Crippen LogP contribution in [0.15, 0.2) is 71.8 Å². The van der Waals surface area contributed by atoms with Crippen molar-refractivity contribution in [1.82, 2.24) is 0 Å². The molecule has 3 aromatic rings. The Balaban J connectivity index is 1.69. The topological polar surface area (TPSA) is 86.0 Å². The number of nitro groups is 1. The third-order valence-electron chi connectivity index (χ3n) is 4.07. The van der Waals surface area contributed by atoms with E-state index < -0.39 is 4.92 Å². The highest BCUT2D eigenvalue weighted by Crippen LogP contribution is 2.29. The number of rotatable bonds is 9. The lowest BCUT2D eigenvalue weighted by atomic mass is 10.2. The van der Waals surface area contributed by atoms with E-state index in [1.807, 2.05) is 43.3 Å². The van der Waals surface area contributed by atoms with Crippen LogP contribution in [0, 0.1) is 10.1 Å². The molecule has 0 heterocycles. The van der Waals surface area contributed by atoms with Crippen LogP contribution in [0.2, 0.25) is 5.02 Å². The Bertz CT molecular complexity index is 1060. The van der Waals surface area contributed by atoms with Gasteiger partial charge in [0.2, 0.25) is 0 Å². The summed E-state index contributed by atoms with van der Waals surface area (Å²) in [5, 5.41) is 15.6. The molecule has 0 bridgehead atoms. The van der Waals surface area contributed by atoms with Crippen LogP contribution in [0.25, 0.3) is 0 Å². The number of nitro benzene ring substituents is 1. The van der Waals surface area contributed by atoms with Crippen molar-refractivity contribution in [3.8, 4) is 11.5 Å². The predicted octanol–water partition coefficient (Wildman–Crippen LogP) is 5.67. The molecule has 8 heteroatoms. The van der Waals surface area contributed by atoms with Gasteiger partial charge in [0.15, 0.2) is 11.5 Å². The maximum Gasteiger partial charge on any atom is 0.271 e. The number of hydrogen-bond acceptors (Lipinski definition) is 6. The van der Waals surface area contributed by atoms with Gasteiger partial charge in [0.1, 0.15) is 6.61 Å². The van der Waals surface area contributed by atoms with Gasteiger partial charge in [-0.1, -0.05) is 35.9 Å². The van der Waals surface area contributed by atoms with Crippen LogP contribution in [0.3, 0.4) is 0 Å². The number of hydrazone groups is 1. The first-order chi connectivity index (χ1) is 14.6. The second kappa shape index (κ2) is 10.3. The number of nitrogens with one attached hydrogen (secondary N) is 1. The van der Waals surface area contributed by atoms with Gasteiger partial charge in [-0.3, -0.25) is 15.5 Å². The lowest BCUT2D eigenvalue weighted by molar-refractivity contribution is -0.384. The van der Waals surface area contributed by atoms with E-state index >= 15 is 0 Å². The third kappa shape index (κ3) is 5.71. The van der Waals surface area contributed by atoms with Crippen LogP contribution >= 0.6 is 11.6 Å². The molecular formula is C22H20ClN3O4. The molecule has 0 saturated carbocycles. The van der Waals surface area contributed by atoms with Gasteiger partial charge in [0.25, 0.3) is 5.69 Å². The zero-order chi connectivity index (χ0) is 21.3. The summed E-state index contributed by atoms with van der Waals surface area (Å²) in [5.41, 5.74) is 4.96. The molecule has 7 nitrogen and oxygen atoms in total. The number of halogens is 1. The fourth-order valence-electron chi connectivity index (χ4n) is 2.63. The van der Waals surface area contributed by atoms with Crippen molar-refractivity contribution in [2.75, 3.05) is 12.0 Å². The quantitative estimate of drug-likeness (QED) is 0.271. The zero-order valence-corrected chi connectivity index (χ0v) is 17.0. The van der Waals surface area contributed by atoms with Crippen molar-refractivity contribution in [3.05, 3.63) is 93.0 Å². The molecule has 0 aliphatic carbocycles. The molecule has 0 aliphatic heterocycles. The molecule has 0 unspecified atom stereocenters. The predicted molar refractivity (Wildman–Crippen MR) is 118 cm³/mol. The van der Waals surface area contributed by atoms with E-state index in [0.29, 0.717) is 35.4 Å². The monoisotopic (exact) mass is 425 g/mol. The molecule has 0 radical (unpaired) electrons. The summed E-state index contributed by atoms with van der Waals surface area (Å²) in [6.07, 6.45) is 1.60. The number of non-ortho nitro benzene ring substituents is 1. The molecule has 0 aliphatic rings. The summed E-state index contributed by atoms with van der Waals surface area (Å²) >= 11 is 6.18. The minimum absolute atomic E-state index is 0.00569. The van der Waals surface area contributed by atoms with Gasteiger partial charge >= 0.3 is 0 Å². The van der Waals surface area contributed by atoms with Crippen molar-refractivity contribution in [3.63, 3.8) is 0 Å². The first-order valence-corrected chi connectivity index (χ1v) is 9.61. The number of hydrogen-bond donors (Lipinski definition) is 1. The van der Waals surface area contributed by atoms with Crippen LogP contribution in [-0.4, -0.2) is 17.7 Å². The van der Waals surface area contributed by atoms with E-state index in [0.717, 1.165) is 11.1 Å². The van der Waals surface area contributed by atoms with E-state index in [1.165, 1.54) is 12.1 Å². The van der Waals surface area contributed by atoms with Gasteiger partial charge < -0.3 is 9.47 Å². The van der Waals surface area contributed by atoms with Gasteiger partial charge in [-0.25, -0.2) is 0 Å². The van der Waals surface area contributed by atoms with E-state index in [-0.39, 0.29) is 5.69 Å². The molecule has 3 rings (SSSR count). The Hall–Kier alpha value is -3.58. The number of ether oxygens (including phenoxy) is 2. The Kier molecular flexibility index (Phi) is 7.24. The lowest BCUT2D eigenvalue weighted by Gasteiger charge is -2.13. The van der Waals surface area contributed by atoms with Crippen LogP contribution in [0.1, 0.15) is 18.1 Å². The van der Waals surface area contributed by atoms with Crippen LogP contribution in [0.5, 0.6) is 11.5 Å². The number of anilines is 1. The Morgan fingerprint density at radius 1 is 1.07 bits per heavy atom. The fraction of sp³-hybridized carbons (Fsp3) is 0.136. The van der Waals surface area contributed by atoms with Crippen molar-refractivity contribution in [2.24, 2.45) is 5.10 Å². The summed E-state index contributed by atoms with van der Waals surface area (Å²) in [6.45, 7) is 2.69. The highest BCUT2D eigenvalue weighted by Gasteiger charge is 2.08. The molecule has 0 aromatic heterocycles.